The summed E-state index contributed by atoms with van der Waals surface area (Å²) < 4.78 is 73.3. The van der Waals surface area contributed by atoms with Crippen LogP contribution in [0.1, 0.15) is 29.8 Å². The number of carbonyl (C=O) groups is 2. The van der Waals surface area contributed by atoms with Gasteiger partial charge in [0.1, 0.15) is 11.9 Å². The van der Waals surface area contributed by atoms with Gasteiger partial charge in [0.05, 0.1) is 35.2 Å². The molecule has 0 saturated heterocycles. The Bertz CT molecular complexity index is 1640. The SMILES string of the molecule is C[C@@H]1CN([C@@H](C)CO)C(=O)c2cc(NS(=O)(=O)c3ccc(Cl)cc3)ccc2O[C@@H]1CN(C)C(=O)Nc1ccc(C(F)(F)F)cc1. The number of alkyl halides is 3. The van der Waals surface area contributed by atoms with Crippen molar-refractivity contribution < 1.29 is 41.0 Å². The number of benzene rings is 3. The van der Waals surface area contributed by atoms with Gasteiger partial charge in [0, 0.05) is 35.9 Å². The second kappa shape index (κ2) is 13.5. The fourth-order valence-corrected chi connectivity index (χ4v) is 5.82. The number of nitrogens with one attached hydrogen (secondary N) is 2. The summed E-state index contributed by atoms with van der Waals surface area (Å²) in [4.78, 5) is 29.3. The molecule has 0 aliphatic carbocycles. The van der Waals surface area contributed by atoms with Crippen LogP contribution in [0.5, 0.6) is 5.75 Å². The molecule has 1 heterocycles. The number of hydrogen-bond acceptors (Lipinski definition) is 6. The summed E-state index contributed by atoms with van der Waals surface area (Å²) >= 11 is 5.87. The lowest BCUT2D eigenvalue weighted by Crippen LogP contribution is -2.50. The Balaban J connectivity index is 1.57. The molecule has 0 radical (unpaired) electrons. The number of ether oxygens (including phenoxy) is 1. The van der Waals surface area contributed by atoms with Crippen molar-refractivity contribution in [1.82, 2.24) is 9.80 Å². The van der Waals surface area contributed by atoms with Crippen LogP contribution in [0.15, 0.2) is 71.6 Å². The maximum atomic E-state index is 13.7. The molecule has 3 amide bonds. The van der Waals surface area contributed by atoms with E-state index in [1.807, 2.05) is 6.92 Å². The highest BCUT2D eigenvalue weighted by Crippen LogP contribution is 2.32. The van der Waals surface area contributed by atoms with Crippen molar-refractivity contribution in [3.05, 3.63) is 82.9 Å². The Morgan fingerprint density at radius 2 is 1.73 bits per heavy atom. The van der Waals surface area contributed by atoms with E-state index >= 15 is 0 Å². The minimum absolute atomic E-state index is 0.0214. The van der Waals surface area contributed by atoms with Gasteiger partial charge in [0.25, 0.3) is 15.9 Å². The first-order chi connectivity index (χ1) is 21.1. The lowest BCUT2D eigenvalue weighted by molar-refractivity contribution is -0.137. The number of urea groups is 1. The third-order valence-electron chi connectivity index (χ3n) is 7.30. The molecule has 0 aromatic heterocycles. The molecule has 4 rings (SSSR count). The minimum atomic E-state index is -4.51. The van der Waals surface area contributed by atoms with Gasteiger partial charge in [-0.2, -0.15) is 13.2 Å². The Hall–Kier alpha value is -4.01. The first-order valence-electron chi connectivity index (χ1n) is 13.8. The third kappa shape index (κ3) is 8.18. The Kier molecular flexibility index (Phi) is 10.2. The molecular weight excluding hydrogens is 637 g/mol. The second-order valence-electron chi connectivity index (χ2n) is 10.8. The monoisotopic (exact) mass is 668 g/mol. The van der Waals surface area contributed by atoms with Crippen LogP contribution in [0, 0.1) is 5.92 Å². The molecular formula is C30H32ClF3N4O6S. The van der Waals surface area contributed by atoms with Crippen LogP contribution in [0.25, 0.3) is 0 Å². The third-order valence-corrected chi connectivity index (χ3v) is 8.95. The number of rotatable bonds is 8. The molecule has 0 bridgehead atoms. The molecule has 15 heteroatoms. The van der Waals surface area contributed by atoms with Gasteiger partial charge in [-0.05, 0) is 73.7 Å². The summed E-state index contributed by atoms with van der Waals surface area (Å²) in [5, 5.41) is 12.8. The number of anilines is 2. The van der Waals surface area contributed by atoms with Gasteiger partial charge >= 0.3 is 12.2 Å². The summed E-state index contributed by atoms with van der Waals surface area (Å²) in [5.74, 6) is -0.698. The second-order valence-corrected chi connectivity index (χ2v) is 12.9. The van der Waals surface area contributed by atoms with E-state index in [0.29, 0.717) is 5.02 Å². The van der Waals surface area contributed by atoms with Crippen LogP contribution < -0.4 is 14.8 Å². The van der Waals surface area contributed by atoms with Gasteiger partial charge < -0.3 is 25.0 Å². The van der Waals surface area contributed by atoms with E-state index in [1.165, 1.54) is 59.3 Å². The van der Waals surface area contributed by atoms with E-state index in [1.54, 1.807) is 6.92 Å². The summed E-state index contributed by atoms with van der Waals surface area (Å²) in [6, 6.07) is 12.6. The number of sulfonamides is 1. The largest absolute Gasteiger partial charge is 0.487 e. The van der Waals surface area contributed by atoms with E-state index in [2.05, 4.69) is 10.0 Å². The first-order valence-corrected chi connectivity index (χ1v) is 15.7. The molecule has 10 nitrogen and oxygen atoms in total. The van der Waals surface area contributed by atoms with Gasteiger partial charge in [0.15, 0.2) is 0 Å². The number of aliphatic hydroxyl groups excluding tert-OH is 1. The predicted molar refractivity (Wildman–Crippen MR) is 163 cm³/mol. The van der Waals surface area contributed by atoms with Gasteiger partial charge in [-0.3, -0.25) is 9.52 Å². The summed E-state index contributed by atoms with van der Waals surface area (Å²) in [7, 11) is -2.54. The van der Waals surface area contributed by atoms with Crippen molar-refractivity contribution in [2.45, 2.75) is 37.1 Å². The molecule has 0 saturated carbocycles. The van der Waals surface area contributed by atoms with Crippen LogP contribution in [-0.2, 0) is 16.2 Å². The zero-order chi connectivity index (χ0) is 33.1. The average molecular weight is 669 g/mol. The lowest BCUT2D eigenvalue weighted by atomic mass is 9.99. The van der Waals surface area contributed by atoms with Crippen LogP contribution >= 0.6 is 11.6 Å². The number of fused-ring (bicyclic) bond motifs is 1. The van der Waals surface area contributed by atoms with Gasteiger partial charge in [0.2, 0.25) is 0 Å². The van der Waals surface area contributed by atoms with E-state index in [-0.39, 0.29) is 53.2 Å². The van der Waals surface area contributed by atoms with Gasteiger partial charge in [-0.1, -0.05) is 18.5 Å². The number of nitrogens with zero attached hydrogens (tertiary/aromatic N) is 2. The van der Waals surface area contributed by atoms with Crippen molar-refractivity contribution in [1.29, 1.82) is 0 Å². The Morgan fingerprint density at radius 3 is 2.33 bits per heavy atom. The van der Waals surface area contributed by atoms with Gasteiger partial charge in [-0.25, -0.2) is 13.2 Å². The van der Waals surface area contributed by atoms with Crippen molar-refractivity contribution >= 4 is 44.9 Å². The van der Waals surface area contributed by atoms with Crippen LogP contribution in [0.2, 0.25) is 5.02 Å². The Labute approximate surface area is 263 Å². The zero-order valence-corrected chi connectivity index (χ0v) is 26.1. The molecule has 0 fully saturated rings. The normalized spacial score (nSPS) is 17.8. The maximum Gasteiger partial charge on any atom is 0.416 e. The quantitative estimate of drug-likeness (QED) is 0.289. The number of hydrogen-bond donors (Lipinski definition) is 3. The van der Waals surface area contributed by atoms with E-state index in [0.717, 1.165) is 24.3 Å². The zero-order valence-electron chi connectivity index (χ0n) is 24.5. The number of aliphatic hydroxyl groups is 1. The van der Waals surface area contributed by atoms with Crippen molar-refractivity contribution in [3.63, 3.8) is 0 Å². The minimum Gasteiger partial charge on any atom is -0.487 e. The average Bonchev–Trinajstić information content (AvgIpc) is 2.98. The molecule has 3 atom stereocenters. The van der Waals surface area contributed by atoms with E-state index in [9.17, 15) is 36.3 Å². The molecule has 1 aliphatic rings. The molecule has 0 spiro atoms. The number of carbonyl (C=O) groups excluding carboxylic acids is 2. The summed E-state index contributed by atoms with van der Waals surface area (Å²) in [6.07, 6.45) is -5.18. The highest BCUT2D eigenvalue weighted by atomic mass is 35.5. The number of halogens is 4. The van der Waals surface area contributed by atoms with E-state index < -0.39 is 45.8 Å². The molecule has 3 N–H and O–H groups in total. The van der Waals surface area contributed by atoms with Crippen LogP contribution in [-0.4, -0.2) is 74.2 Å². The molecule has 242 valence electrons. The first kappa shape index (κ1) is 33.9. The smallest absolute Gasteiger partial charge is 0.416 e. The van der Waals surface area contributed by atoms with Crippen molar-refractivity contribution in [3.8, 4) is 5.75 Å². The highest BCUT2D eigenvalue weighted by Gasteiger charge is 2.35. The molecule has 3 aromatic rings. The van der Waals surface area contributed by atoms with Crippen molar-refractivity contribution in [2.75, 3.05) is 36.8 Å². The molecule has 45 heavy (non-hydrogen) atoms. The molecule has 0 unspecified atom stereocenters. The number of amides is 3. The standard InChI is InChI=1S/C30H32ClF3N4O6S/c1-18-15-38(19(2)17-39)28(40)25-14-23(36-45(42,43)24-11-6-21(31)7-12-24)10-13-26(25)44-27(18)16-37(3)29(41)35-22-8-4-20(5-9-22)30(32,33)34/h4-14,18-19,27,36,39H,15-17H2,1-3H3,(H,35,41)/t18-,19+,27-/m1/s1. The Morgan fingerprint density at radius 1 is 1.11 bits per heavy atom. The predicted octanol–water partition coefficient (Wildman–Crippen LogP) is 5.54. The fourth-order valence-electron chi connectivity index (χ4n) is 4.65. The van der Waals surface area contributed by atoms with E-state index in [4.69, 9.17) is 16.3 Å². The maximum absolute atomic E-state index is 13.7. The summed E-state index contributed by atoms with van der Waals surface area (Å²) in [5.41, 5.74) is -0.545. The van der Waals surface area contributed by atoms with Crippen molar-refractivity contribution in [2.24, 2.45) is 5.92 Å². The number of likely N-dealkylation sites (N-methyl/N-ethyl adjacent to an activating group) is 1. The fraction of sp³-hybridized carbons (Fsp3) is 0.333. The van der Waals surface area contributed by atoms with Crippen LogP contribution in [0.4, 0.5) is 29.3 Å². The summed E-state index contributed by atoms with van der Waals surface area (Å²) in [6.45, 7) is 3.31. The topological polar surface area (TPSA) is 128 Å². The lowest BCUT2D eigenvalue weighted by Gasteiger charge is -2.38. The highest BCUT2D eigenvalue weighted by molar-refractivity contribution is 7.92. The van der Waals surface area contributed by atoms with Gasteiger partial charge in [-0.15, -0.1) is 0 Å². The van der Waals surface area contributed by atoms with Crippen LogP contribution in [0.3, 0.4) is 0 Å². The molecule has 1 aliphatic heterocycles. The molecule has 3 aromatic carbocycles.